The third-order valence-electron chi connectivity index (χ3n) is 2.36. The molecule has 0 saturated carbocycles. The molecule has 1 saturated heterocycles. The van der Waals surface area contributed by atoms with Crippen LogP contribution in [0.15, 0.2) is 0 Å². The Balaban J connectivity index is 2.22. The highest BCUT2D eigenvalue weighted by molar-refractivity contribution is 5.78. The zero-order chi connectivity index (χ0) is 9.68. The van der Waals surface area contributed by atoms with Gasteiger partial charge in [-0.2, -0.15) is 0 Å². The van der Waals surface area contributed by atoms with Gasteiger partial charge < -0.3 is 15.4 Å². The zero-order valence-corrected chi connectivity index (χ0v) is 8.16. The molecule has 1 rings (SSSR count). The van der Waals surface area contributed by atoms with E-state index in [9.17, 15) is 4.79 Å². The van der Waals surface area contributed by atoms with Crippen LogP contribution >= 0.6 is 0 Å². The predicted octanol–water partition coefficient (Wildman–Crippen LogP) is -0.0274. The molecule has 1 aliphatic rings. The van der Waals surface area contributed by atoms with Crippen molar-refractivity contribution in [3.63, 3.8) is 0 Å². The van der Waals surface area contributed by atoms with Gasteiger partial charge in [0, 0.05) is 19.1 Å². The molecule has 4 heteroatoms. The number of likely N-dealkylation sites (tertiary alicyclic amines) is 1. The Kier molecular flexibility index (Phi) is 4.18. The van der Waals surface area contributed by atoms with Crippen molar-refractivity contribution >= 4 is 5.91 Å². The maximum atomic E-state index is 11.5. The largest absolute Gasteiger partial charge is 0.370 e. The predicted molar refractivity (Wildman–Crippen MR) is 50.3 cm³/mol. The maximum absolute atomic E-state index is 11.5. The summed E-state index contributed by atoms with van der Waals surface area (Å²) in [7, 11) is 0. The van der Waals surface area contributed by atoms with Crippen molar-refractivity contribution in [1.82, 2.24) is 4.90 Å². The molecule has 1 atom stereocenters. The van der Waals surface area contributed by atoms with Crippen molar-refractivity contribution in [2.24, 2.45) is 5.73 Å². The second-order valence-corrected chi connectivity index (χ2v) is 3.42. The molecule has 1 fully saturated rings. The highest BCUT2D eigenvalue weighted by atomic mass is 16.5. The van der Waals surface area contributed by atoms with Crippen molar-refractivity contribution in [1.29, 1.82) is 0 Å². The van der Waals surface area contributed by atoms with Gasteiger partial charge in [-0.05, 0) is 19.8 Å². The van der Waals surface area contributed by atoms with Crippen LogP contribution in [0.2, 0.25) is 0 Å². The minimum atomic E-state index is 0.0958. The minimum absolute atomic E-state index is 0.0958. The SMILES string of the molecule is CC1CCCN1C(=O)COCCN. The van der Waals surface area contributed by atoms with Gasteiger partial charge in [0.1, 0.15) is 6.61 Å². The van der Waals surface area contributed by atoms with Gasteiger partial charge in [-0.1, -0.05) is 0 Å². The van der Waals surface area contributed by atoms with E-state index in [2.05, 4.69) is 6.92 Å². The lowest BCUT2D eigenvalue weighted by Crippen LogP contribution is -2.36. The summed E-state index contributed by atoms with van der Waals surface area (Å²) in [5.74, 6) is 0.0958. The number of hydrogen-bond donors (Lipinski definition) is 1. The van der Waals surface area contributed by atoms with Crippen LogP contribution in [0.5, 0.6) is 0 Å². The second-order valence-electron chi connectivity index (χ2n) is 3.42. The quantitative estimate of drug-likeness (QED) is 0.627. The number of rotatable bonds is 4. The lowest BCUT2D eigenvalue weighted by molar-refractivity contribution is -0.136. The standard InChI is InChI=1S/C9H18N2O2/c1-8-3-2-5-11(8)9(12)7-13-6-4-10/h8H,2-7,10H2,1H3. The molecular formula is C9H18N2O2. The van der Waals surface area contributed by atoms with Crippen LogP contribution in [0.25, 0.3) is 0 Å². The average Bonchev–Trinajstić information content (AvgIpc) is 2.52. The van der Waals surface area contributed by atoms with Crippen LogP contribution in [0.1, 0.15) is 19.8 Å². The van der Waals surface area contributed by atoms with E-state index < -0.39 is 0 Å². The molecule has 0 aromatic carbocycles. The number of carbonyl (C=O) groups is 1. The van der Waals surface area contributed by atoms with E-state index >= 15 is 0 Å². The number of nitrogens with zero attached hydrogens (tertiary/aromatic N) is 1. The van der Waals surface area contributed by atoms with Crippen LogP contribution in [-0.2, 0) is 9.53 Å². The number of ether oxygens (including phenoxy) is 1. The van der Waals surface area contributed by atoms with Crippen LogP contribution < -0.4 is 5.73 Å². The number of amides is 1. The Morgan fingerprint density at radius 3 is 3.00 bits per heavy atom. The van der Waals surface area contributed by atoms with Crippen LogP contribution in [0.4, 0.5) is 0 Å². The summed E-state index contributed by atoms with van der Waals surface area (Å²) in [6.45, 7) is 4.08. The second kappa shape index (κ2) is 5.19. The Morgan fingerprint density at radius 2 is 2.46 bits per heavy atom. The van der Waals surface area contributed by atoms with E-state index in [0.29, 0.717) is 19.2 Å². The van der Waals surface area contributed by atoms with Crippen molar-refractivity contribution in [3.8, 4) is 0 Å². The van der Waals surface area contributed by atoms with Crippen LogP contribution in [-0.4, -0.2) is 43.2 Å². The fraction of sp³-hybridized carbons (Fsp3) is 0.889. The zero-order valence-electron chi connectivity index (χ0n) is 8.16. The molecule has 76 valence electrons. The van der Waals surface area contributed by atoms with Crippen LogP contribution in [0.3, 0.4) is 0 Å². The van der Waals surface area contributed by atoms with E-state index in [-0.39, 0.29) is 12.5 Å². The highest BCUT2D eigenvalue weighted by Crippen LogP contribution is 2.16. The summed E-state index contributed by atoms with van der Waals surface area (Å²) in [6.07, 6.45) is 2.23. The summed E-state index contributed by atoms with van der Waals surface area (Å²) in [5.41, 5.74) is 5.25. The molecule has 1 amide bonds. The molecule has 13 heavy (non-hydrogen) atoms. The van der Waals surface area contributed by atoms with Gasteiger partial charge in [0.05, 0.1) is 6.61 Å². The first kappa shape index (κ1) is 10.5. The van der Waals surface area contributed by atoms with Gasteiger partial charge in [0.15, 0.2) is 0 Å². The number of nitrogens with two attached hydrogens (primary N) is 1. The fourth-order valence-electron chi connectivity index (χ4n) is 1.63. The lowest BCUT2D eigenvalue weighted by atomic mass is 10.2. The van der Waals surface area contributed by atoms with Crippen molar-refractivity contribution in [2.45, 2.75) is 25.8 Å². The maximum Gasteiger partial charge on any atom is 0.248 e. The Hall–Kier alpha value is -0.610. The first-order valence-corrected chi connectivity index (χ1v) is 4.83. The molecular weight excluding hydrogens is 168 g/mol. The van der Waals surface area contributed by atoms with E-state index in [0.717, 1.165) is 19.4 Å². The summed E-state index contributed by atoms with van der Waals surface area (Å²) in [6, 6.07) is 0.383. The van der Waals surface area contributed by atoms with Crippen molar-refractivity contribution in [3.05, 3.63) is 0 Å². The van der Waals surface area contributed by atoms with E-state index in [1.54, 1.807) is 0 Å². The van der Waals surface area contributed by atoms with Gasteiger partial charge in [-0.15, -0.1) is 0 Å². The highest BCUT2D eigenvalue weighted by Gasteiger charge is 2.24. The Labute approximate surface area is 79.0 Å². The van der Waals surface area contributed by atoms with Gasteiger partial charge in [-0.25, -0.2) is 0 Å². The van der Waals surface area contributed by atoms with Crippen molar-refractivity contribution < 1.29 is 9.53 Å². The monoisotopic (exact) mass is 186 g/mol. The Morgan fingerprint density at radius 1 is 1.69 bits per heavy atom. The number of hydrogen-bond acceptors (Lipinski definition) is 3. The van der Waals surface area contributed by atoms with Gasteiger partial charge >= 0.3 is 0 Å². The molecule has 0 radical (unpaired) electrons. The summed E-state index contributed by atoms with van der Waals surface area (Å²) in [5, 5.41) is 0. The molecule has 0 aromatic rings. The third kappa shape index (κ3) is 2.97. The third-order valence-corrected chi connectivity index (χ3v) is 2.36. The smallest absolute Gasteiger partial charge is 0.248 e. The minimum Gasteiger partial charge on any atom is -0.370 e. The fourth-order valence-corrected chi connectivity index (χ4v) is 1.63. The average molecular weight is 186 g/mol. The molecule has 2 N–H and O–H groups in total. The molecule has 4 nitrogen and oxygen atoms in total. The van der Waals surface area contributed by atoms with E-state index in [1.165, 1.54) is 0 Å². The van der Waals surface area contributed by atoms with E-state index in [1.807, 2.05) is 4.90 Å². The summed E-state index contributed by atoms with van der Waals surface area (Å²) in [4.78, 5) is 13.4. The molecule has 0 spiro atoms. The van der Waals surface area contributed by atoms with Gasteiger partial charge in [0.25, 0.3) is 0 Å². The molecule has 1 aliphatic heterocycles. The molecule has 0 bridgehead atoms. The molecule has 1 heterocycles. The van der Waals surface area contributed by atoms with E-state index in [4.69, 9.17) is 10.5 Å². The van der Waals surface area contributed by atoms with Crippen LogP contribution in [0, 0.1) is 0 Å². The summed E-state index contributed by atoms with van der Waals surface area (Å²) < 4.78 is 5.09. The first-order valence-electron chi connectivity index (χ1n) is 4.83. The molecule has 0 aromatic heterocycles. The first-order chi connectivity index (χ1) is 6.25. The lowest BCUT2D eigenvalue weighted by Gasteiger charge is -2.21. The molecule has 1 unspecified atom stereocenters. The normalized spacial score (nSPS) is 22.3. The Bertz CT molecular complexity index is 173. The van der Waals surface area contributed by atoms with Gasteiger partial charge in [0.2, 0.25) is 5.91 Å². The topological polar surface area (TPSA) is 55.6 Å². The van der Waals surface area contributed by atoms with Gasteiger partial charge in [-0.3, -0.25) is 4.79 Å². The number of carbonyl (C=O) groups excluding carboxylic acids is 1. The summed E-state index contributed by atoms with van der Waals surface area (Å²) >= 11 is 0. The molecule has 0 aliphatic carbocycles. The van der Waals surface area contributed by atoms with Crippen molar-refractivity contribution in [2.75, 3.05) is 26.3 Å².